The van der Waals surface area contributed by atoms with Gasteiger partial charge in [-0.25, -0.2) is 0 Å². The molecule has 0 saturated carbocycles. The summed E-state index contributed by atoms with van der Waals surface area (Å²) in [6.07, 6.45) is 2.50. The highest BCUT2D eigenvalue weighted by atomic mass is 16.1. The Labute approximate surface area is 102 Å². The minimum atomic E-state index is -0.0420. The van der Waals surface area contributed by atoms with Crippen LogP contribution in [0.3, 0.4) is 0 Å². The Morgan fingerprint density at radius 3 is 3.00 bits per heavy atom. The largest absolute Gasteiger partial charge is 0.383 e. The Bertz CT molecular complexity index is 386. The summed E-state index contributed by atoms with van der Waals surface area (Å²) in [6.45, 7) is 3.57. The van der Waals surface area contributed by atoms with Gasteiger partial charge in [0.15, 0.2) is 0 Å². The van der Waals surface area contributed by atoms with Crippen molar-refractivity contribution >= 4 is 17.3 Å². The van der Waals surface area contributed by atoms with E-state index >= 15 is 0 Å². The third-order valence-electron chi connectivity index (χ3n) is 2.90. The lowest BCUT2D eigenvalue weighted by atomic mass is 10.2. The fraction of sp³-hybridized carbons (Fsp3) is 0.462. The highest BCUT2D eigenvalue weighted by Gasteiger charge is 2.12. The number of hydrogen-bond donors (Lipinski definition) is 3. The Balaban J connectivity index is 1.88. The smallest absolute Gasteiger partial charge is 0.221 e. The molecule has 0 aromatic heterocycles. The average Bonchev–Trinajstić information content (AvgIpc) is 2.79. The summed E-state index contributed by atoms with van der Waals surface area (Å²) in [5, 5.41) is 9.61. The Morgan fingerprint density at radius 2 is 2.29 bits per heavy atom. The maximum Gasteiger partial charge on any atom is 0.221 e. The van der Waals surface area contributed by atoms with Crippen molar-refractivity contribution in [3.63, 3.8) is 0 Å². The van der Waals surface area contributed by atoms with Crippen LogP contribution in [-0.4, -0.2) is 25.0 Å². The molecule has 92 valence electrons. The van der Waals surface area contributed by atoms with Crippen LogP contribution < -0.4 is 16.0 Å². The first kappa shape index (κ1) is 11.9. The first-order chi connectivity index (χ1) is 8.24. The Kier molecular flexibility index (Phi) is 3.98. The molecule has 1 aliphatic rings. The van der Waals surface area contributed by atoms with Crippen molar-refractivity contribution in [3.05, 3.63) is 24.3 Å². The molecule has 1 atom stereocenters. The molecule has 1 fully saturated rings. The number of carbonyl (C=O) groups excluding carboxylic acids is 1. The lowest BCUT2D eigenvalue weighted by molar-refractivity contribution is -0.114. The molecule has 1 aliphatic heterocycles. The fourth-order valence-corrected chi connectivity index (χ4v) is 2.08. The predicted molar refractivity (Wildman–Crippen MR) is 70.3 cm³/mol. The molecule has 1 heterocycles. The van der Waals surface area contributed by atoms with E-state index in [1.54, 1.807) is 0 Å². The topological polar surface area (TPSA) is 53.2 Å². The van der Waals surface area contributed by atoms with E-state index < -0.39 is 0 Å². The molecular weight excluding hydrogens is 214 g/mol. The van der Waals surface area contributed by atoms with E-state index in [9.17, 15) is 4.79 Å². The normalized spacial score (nSPS) is 19.0. The first-order valence-corrected chi connectivity index (χ1v) is 6.09. The van der Waals surface area contributed by atoms with E-state index in [0.717, 1.165) is 24.5 Å². The molecule has 4 heteroatoms. The van der Waals surface area contributed by atoms with Crippen molar-refractivity contribution in [2.45, 2.75) is 25.8 Å². The fourth-order valence-electron chi connectivity index (χ4n) is 2.08. The van der Waals surface area contributed by atoms with E-state index in [4.69, 9.17) is 0 Å². The first-order valence-electron chi connectivity index (χ1n) is 6.09. The minimum Gasteiger partial charge on any atom is -0.383 e. The summed E-state index contributed by atoms with van der Waals surface area (Å²) in [5.41, 5.74) is 1.88. The number of nitrogens with one attached hydrogen (secondary N) is 3. The molecule has 17 heavy (non-hydrogen) atoms. The highest BCUT2D eigenvalue weighted by molar-refractivity contribution is 5.89. The molecule has 2 rings (SSSR count). The number of carbonyl (C=O) groups is 1. The second-order valence-electron chi connectivity index (χ2n) is 4.44. The molecule has 0 spiro atoms. The van der Waals surface area contributed by atoms with Gasteiger partial charge in [-0.2, -0.15) is 0 Å². The van der Waals surface area contributed by atoms with Crippen molar-refractivity contribution in [2.75, 3.05) is 23.7 Å². The molecule has 1 saturated heterocycles. The van der Waals surface area contributed by atoms with Gasteiger partial charge in [-0.15, -0.1) is 0 Å². The highest BCUT2D eigenvalue weighted by Crippen LogP contribution is 2.15. The third kappa shape index (κ3) is 3.75. The minimum absolute atomic E-state index is 0.0420. The number of rotatable bonds is 4. The number of hydrogen-bond acceptors (Lipinski definition) is 3. The van der Waals surface area contributed by atoms with Gasteiger partial charge in [-0.05, 0) is 37.6 Å². The van der Waals surface area contributed by atoms with Gasteiger partial charge in [-0.1, -0.05) is 6.07 Å². The monoisotopic (exact) mass is 233 g/mol. The summed E-state index contributed by atoms with van der Waals surface area (Å²) >= 11 is 0. The quantitative estimate of drug-likeness (QED) is 0.743. The van der Waals surface area contributed by atoms with Crippen molar-refractivity contribution in [2.24, 2.45) is 0 Å². The zero-order valence-corrected chi connectivity index (χ0v) is 10.1. The van der Waals surface area contributed by atoms with Gasteiger partial charge in [0.1, 0.15) is 0 Å². The average molecular weight is 233 g/mol. The molecule has 1 amide bonds. The molecule has 1 aromatic rings. The summed E-state index contributed by atoms with van der Waals surface area (Å²) in [6, 6.07) is 8.37. The lowest BCUT2D eigenvalue weighted by Crippen LogP contribution is -2.29. The molecular formula is C13H19N3O. The van der Waals surface area contributed by atoms with Crippen LogP contribution in [0, 0.1) is 0 Å². The Hall–Kier alpha value is -1.55. The van der Waals surface area contributed by atoms with E-state index in [1.165, 1.54) is 19.8 Å². The van der Waals surface area contributed by atoms with Crippen molar-refractivity contribution < 1.29 is 4.79 Å². The van der Waals surface area contributed by atoms with E-state index in [-0.39, 0.29) is 5.91 Å². The van der Waals surface area contributed by atoms with E-state index in [2.05, 4.69) is 16.0 Å². The molecule has 4 nitrogen and oxygen atoms in total. The lowest BCUT2D eigenvalue weighted by Gasteiger charge is -2.13. The molecule has 0 radical (unpaired) electrons. The summed E-state index contributed by atoms with van der Waals surface area (Å²) in [5.74, 6) is -0.0420. The van der Waals surface area contributed by atoms with Gasteiger partial charge in [-0.3, -0.25) is 4.79 Å². The van der Waals surface area contributed by atoms with Crippen LogP contribution in [0.25, 0.3) is 0 Å². The summed E-state index contributed by atoms with van der Waals surface area (Å²) < 4.78 is 0. The van der Waals surface area contributed by atoms with E-state index in [0.29, 0.717) is 6.04 Å². The molecule has 0 aliphatic carbocycles. The van der Waals surface area contributed by atoms with Gasteiger partial charge in [0.25, 0.3) is 0 Å². The molecule has 3 N–H and O–H groups in total. The molecule has 1 unspecified atom stereocenters. The number of amides is 1. The zero-order chi connectivity index (χ0) is 12.1. The Morgan fingerprint density at radius 1 is 1.47 bits per heavy atom. The number of benzene rings is 1. The van der Waals surface area contributed by atoms with Crippen LogP contribution in [0.5, 0.6) is 0 Å². The van der Waals surface area contributed by atoms with Crippen LogP contribution in [0.15, 0.2) is 24.3 Å². The van der Waals surface area contributed by atoms with Gasteiger partial charge in [0, 0.05) is 30.9 Å². The van der Waals surface area contributed by atoms with Crippen molar-refractivity contribution in [1.82, 2.24) is 5.32 Å². The zero-order valence-electron chi connectivity index (χ0n) is 10.1. The maximum atomic E-state index is 10.9. The predicted octanol–water partition coefficient (Wildman–Crippen LogP) is 1.81. The van der Waals surface area contributed by atoms with Crippen molar-refractivity contribution in [3.8, 4) is 0 Å². The SMILES string of the molecule is CC(=O)Nc1cccc(NCC2CCCN2)c1. The van der Waals surface area contributed by atoms with Gasteiger partial charge in [0.05, 0.1) is 0 Å². The molecule has 0 bridgehead atoms. The van der Waals surface area contributed by atoms with Crippen molar-refractivity contribution in [1.29, 1.82) is 0 Å². The van der Waals surface area contributed by atoms with Gasteiger partial charge in [0.2, 0.25) is 5.91 Å². The van der Waals surface area contributed by atoms with Crippen LogP contribution >= 0.6 is 0 Å². The van der Waals surface area contributed by atoms with Gasteiger partial charge < -0.3 is 16.0 Å². The second kappa shape index (κ2) is 5.68. The van der Waals surface area contributed by atoms with Crippen LogP contribution in [-0.2, 0) is 4.79 Å². The third-order valence-corrected chi connectivity index (χ3v) is 2.90. The van der Waals surface area contributed by atoms with Crippen LogP contribution in [0.2, 0.25) is 0 Å². The maximum absolute atomic E-state index is 10.9. The van der Waals surface area contributed by atoms with Crippen LogP contribution in [0.4, 0.5) is 11.4 Å². The van der Waals surface area contributed by atoms with Gasteiger partial charge >= 0.3 is 0 Å². The van der Waals surface area contributed by atoms with Crippen LogP contribution in [0.1, 0.15) is 19.8 Å². The molecule has 1 aromatic carbocycles. The standard InChI is InChI=1S/C13H19N3O/c1-10(17)16-12-5-2-4-11(8-12)15-9-13-6-3-7-14-13/h2,4-5,8,13-15H,3,6-7,9H2,1H3,(H,16,17). The van der Waals surface area contributed by atoms with E-state index in [1.807, 2.05) is 24.3 Å². The second-order valence-corrected chi connectivity index (χ2v) is 4.44. The summed E-state index contributed by atoms with van der Waals surface area (Å²) in [7, 11) is 0. The number of anilines is 2. The summed E-state index contributed by atoms with van der Waals surface area (Å²) in [4.78, 5) is 10.9.